The van der Waals surface area contributed by atoms with Gasteiger partial charge in [-0.25, -0.2) is 43.3 Å². The molecule has 0 fully saturated rings. The average molecular weight is 1880 g/mol. The third-order valence-electron chi connectivity index (χ3n) is 18.4. The summed E-state index contributed by atoms with van der Waals surface area (Å²) in [6.07, 6.45) is 0.603. The molecule has 30 heteroatoms. The number of hydrogen-bond acceptors (Lipinski definition) is 19. The number of methoxy groups -OCH3 is 4. The van der Waals surface area contributed by atoms with Gasteiger partial charge in [-0.05, 0) is 235 Å². The maximum atomic E-state index is 12.4. The van der Waals surface area contributed by atoms with Gasteiger partial charge in [0.25, 0.3) is 23.6 Å². The molecule has 0 unspecified atom stereocenters. The van der Waals surface area contributed by atoms with Gasteiger partial charge in [-0.15, -0.1) is 0 Å². The van der Waals surface area contributed by atoms with Crippen molar-refractivity contribution in [2.24, 2.45) is 0 Å². The Labute approximate surface area is 721 Å². The number of carbonyl (C=O) groups is 12. The first-order chi connectivity index (χ1) is 56.7. The van der Waals surface area contributed by atoms with Crippen LogP contribution in [0.2, 0.25) is 0 Å². The van der Waals surface area contributed by atoms with Crippen LogP contribution in [0.1, 0.15) is 206 Å². The van der Waals surface area contributed by atoms with E-state index >= 15 is 0 Å². The lowest BCUT2D eigenvalue weighted by Crippen LogP contribution is -2.36. The van der Waals surface area contributed by atoms with Crippen LogP contribution in [0.3, 0.4) is 0 Å². The average Bonchev–Trinajstić information content (AvgIpc) is 1.61. The Morgan fingerprint density at radius 2 is 0.975 bits per heavy atom. The quantitative estimate of drug-likeness (QED) is 0.0193. The molecule has 0 saturated heterocycles. The standard InChI is InChI=1S/C28H28N2O5.C15H17NO5.C10H9NO3.C10H12O3.C9H8Br2O2.C9H9BrO2.C8H6BrNO/c1-2-18-16-19(12-13-20(18)27(32)33)26(31)29-14-7-15-30-28(34)35-17-25-23-10-5-3-8-21(23)22-9-4-6-11-24(22)25;1-15(2,3)21-14(19)16-8-10-7-9(13(18)20-4)5-6-11(10)12(16)17;1-14-10(13)6-2-3-8-7(4-6)5-11-9(8)12;1-2-7-5-8(10(12)13)3-4-9(7)6-11;1-13-9(12)8-3-2-7(11)4-6(8)5-10;1-6-5-7(10)3-4-8(6)9(11)12-2;9-6-1-2-7-5(3-6)4-10-8(7)11/h3-6,8-13,16,25H,2,7,14-15,17H2,1H3,(H,29,31)(H,30,34)(H,32,33);5-7H,8H2,1-4H3;2-4H,5H2,1H3,(H,11,12);3-5,11H,2,6H2,1H3,(H,12,13);2-4H,5H2,1H3;3-5H,1-2H3;1-3H,4H2,(H,10,11). The molecule has 119 heavy (non-hydrogen) atoms. The van der Waals surface area contributed by atoms with Gasteiger partial charge in [0.1, 0.15) is 12.2 Å². The molecule has 7 N–H and O–H groups in total. The minimum absolute atomic E-state index is 0.00738. The van der Waals surface area contributed by atoms with E-state index in [1.807, 2.05) is 87.5 Å². The number of carboxylic acids is 2. The van der Waals surface area contributed by atoms with Gasteiger partial charge >= 0.3 is 48.0 Å². The van der Waals surface area contributed by atoms with Gasteiger partial charge < -0.3 is 65.0 Å². The lowest BCUT2D eigenvalue weighted by molar-refractivity contribution is 0.0245. The van der Waals surface area contributed by atoms with Crippen molar-refractivity contribution in [1.29, 1.82) is 0 Å². The van der Waals surface area contributed by atoms with Crippen LogP contribution in [-0.4, -0.2) is 146 Å². The predicted octanol–water partition coefficient (Wildman–Crippen LogP) is 16.5. The number of imide groups is 1. The molecule has 0 radical (unpaired) electrons. The first-order valence-corrected chi connectivity index (χ1v) is 40.5. The number of hydrogen-bond donors (Lipinski definition) is 7. The zero-order chi connectivity index (χ0) is 87.4. The number of amides is 6. The monoisotopic (exact) mass is 1880 g/mol. The molecule has 0 saturated carbocycles. The van der Waals surface area contributed by atoms with Gasteiger partial charge in [0, 0.05) is 73.1 Å². The number of fused-ring (bicyclic) bond motifs is 6. The number of aliphatic hydroxyl groups is 1. The number of alkyl carbamates (subject to hydrolysis) is 1. The lowest BCUT2D eigenvalue weighted by Gasteiger charge is -2.23. The Morgan fingerprint density at radius 1 is 0.496 bits per heavy atom. The van der Waals surface area contributed by atoms with E-state index in [4.69, 9.17) is 19.7 Å². The largest absolute Gasteiger partial charge is 0.478 e. The number of halogens is 4. The smallest absolute Gasteiger partial charge is 0.417 e. The Bertz CT molecular complexity index is 5230. The zero-order valence-electron chi connectivity index (χ0n) is 66.7. The van der Waals surface area contributed by atoms with Crippen LogP contribution in [0.5, 0.6) is 0 Å². The number of aliphatic hydroxyl groups excluding tert-OH is 1. The molecule has 3 heterocycles. The SMILES string of the molecule is CCc1cc(C(=O)NCCCNC(=O)OCC2c3ccccc3-c3ccccc32)ccc1C(=O)O.CCc1cc(C(=O)O)ccc1CO.COC(=O)c1ccc(Br)cc1C.COC(=O)c1ccc(Br)cc1CBr.COC(=O)c1ccc2c(c1)CN(C(=O)OC(C)(C)C)C2=O.COC(=O)c1ccc2c(c1)CNC2=O.O=C1NCc2cc(Br)ccc21. The Kier molecular flexibility index (Phi) is 36.0. The number of esters is 4. The van der Waals surface area contributed by atoms with E-state index in [2.05, 4.69) is 128 Å². The molecule has 0 spiro atoms. The van der Waals surface area contributed by atoms with Gasteiger partial charge in [-0.1, -0.05) is 132 Å². The molecular formula is C89H89Br4N5O21. The number of ether oxygens (including phenoxy) is 6. The highest BCUT2D eigenvalue weighted by Crippen LogP contribution is 2.44. The number of nitrogens with zero attached hydrogens (tertiary/aromatic N) is 1. The molecule has 624 valence electrons. The number of rotatable bonds is 17. The number of carboxylic acid groups (broad SMARTS) is 2. The van der Waals surface area contributed by atoms with Gasteiger partial charge in [0.2, 0.25) is 0 Å². The van der Waals surface area contributed by atoms with Crippen LogP contribution >= 0.6 is 63.7 Å². The van der Waals surface area contributed by atoms with Crippen LogP contribution in [0.25, 0.3) is 11.1 Å². The molecule has 0 bridgehead atoms. The molecule has 9 aromatic carbocycles. The van der Waals surface area contributed by atoms with Gasteiger partial charge in [-0.2, -0.15) is 0 Å². The summed E-state index contributed by atoms with van der Waals surface area (Å²) in [7, 11) is 5.37. The molecule has 6 amide bonds. The fourth-order valence-electron chi connectivity index (χ4n) is 12.4. The molecule has 0 aromatic heterocycles. The first kappa shape index (κ1) is 94.5. The summed E-state index contributed by atoms with van der Waals surface area (Å²) in [6, 6.07) is 51.7. The van der Waals surface area contributed by atoms with E-state index in [9.17, 15) is 62.6 Å². The van der Waals surface area contributed by atoms with Crippen LogP contribution < -0.4 is 21.3 Å². The van der Waals surface area contributed by atoms with Crippen molar-refractivity contribution < 1.29 is 101 Å². The Balaban J connectivity index is 0.000000201. The number of aromatic carboxylic acids is 2. The number of aryl methyl sites for hydroxylation is 3. The fourth-order valence-corrected chi connectivity index (χ4v) is 14.1. The highest BCUT2D eigenvalue weighted by molar-refractivity contribution is 9.11. The number of benzene rings is 9. The number of alkyl halides is 1. The summed E-state index contributed by atoms with van der Waals surface area (Å²) in [5.41, 5.74) is 15.4. The highest BCUT2D eigenvalue weighted by Gasteiger charge is 2.36. The number of carbonyl (C=O) groups excluding carboxylic acids is 10. The Hall–Kier alpha value is -11.7. The van der Waals surface area contributed by atoms with Crippen molar-refractivity contribution >= 4 is 135 Å². The second kappa shape index (κ2) is 45.3. The topological polar surface area (TPSA) is 372 Å². The maximum Gasteiger partial charge on any atom is 0.417 e. The zero-order valence-corrected chi connectivity index (χ0v) is 73.1. The molecule has 13 rings (SSSR count). The molecule has 3 aliphatic heterocycles. The highest BCUT2D eigenvalue weighted by atomic mass is 79.9. The van der Waals surface area contributed by atoms with Crippen molar-refractivity contribution in [3.05, 3.63) is 301 Å². The molecule has 1 aliphatic carbocycles. The molecular weight excluding hydrogens is 1790 g/mol. The van der Waals surface area contributed by atoms with E-state index in [0.717, 1.165) is 74.8 Å². The molecule has 26 nitrogen and oxygen atoms in total. The second-order valence-corrected chi connectivity index (χ2v) is 30.6. The van der Waals surface area contributed by atoms with Crippen molar-refractivity contribution in [1.82, 2.24) is 26.2 Å². The summed E-state index contributed by atoms with van der Waals surface area (Å²) in [5.74, 6) is -4.15. The predicted molar refractivity (Wildman–Crippen MR) is 458 cm³/mol. The summed E-state index contributed by atoms with van der Waals surface area (Å²) >= 11 is 13.3. The summed E-state index contributed by atoms with van der Waals surface area (Å²) in [5, 5.41) is 38.4. The minimum atomic E-state index is -1.01. The van der Waals surface area contributed by atoms with Crippen LogP contribution in [0.15, 0.2) is 189 Å². The third-order valence-corrected chi connectivity index (χ3v) is 20.4. The van der Waals surface area contributed by atoms with E-state index in [0.29, 0.717) is 94.4 Å². The third kappa shape index (κ3) is 26.4. The van der Waals surface area contributed by atoms with Gasteiger partial charge in [0.05, 0.1) is 75.0 Å². The van der Waals surface area contributed by atoms with Crippen molar-refractivity contribution in [3.8, 4) is 11.1 Å². The van der Waals surface area contributed by atoms with Crippen molar-refractivity contribution in [2.75, 3.05) is 48.1 Å². The molecule has 4 aliphatic rings. The van der Waals surface area contributed by atoms with Crippen LogP contribution in [-0.2, 0) is 72.8 Å². The summed E-state index contributed by atoms with van der Waals surface area (Å²) in [4.78, 5) is 139. The summed E-state index contributed by atoms with van der Waals surface area (Å²) in [6.45, 7) is 13.0. The van der Waals surface area contributed by atoms with Crippen LogP contribution in [0.4, 0.5) is 9.59 Å². The Morgan fingerprint density at radius 3 is 1.51 bits per heavy atom. The minimum Gasteiger partial charge on any atom is -0.478 e. The normalized spacial score (nSPS) is 12.0. The summed E-state index contributed by atoms with van der Waals surface area (Å²) < 4.78 is 32.1. The van der Waals surface area contributed by atoms with Crippen LogP contribution in [0, 0.1) is 6.92 Å². The second-order valence-electron chi connectivity index (χ2n) is 27.3. The first-order valence-electron chi connectivity index (χ1n) is 37.0. The molecule has 9 aromatic rings. The fraction of sp³-hybridized carbons (Fsp3) is 0.258. The maximum absolute atomic E-state index is 12.4. The van der Waals surface area contributed by atoms with Crippen molar-refractivity contribution in [3.63, 3.8) is 0 Å². The number of nitrogens with one attached hydrogen (secondary N) is 4. The van der Waals surface area contributed by atoms with E-state index in [-0.39, 0.29) is 72.4 Å². The van der Waals surface area contributed by atoms with Gasteiger partial charge in [0.15, 0.2) is 0 Å². The molecule has 0 atom stereocenters. The van der Waals surface area contributed by atoms with E-state index in [1.165, 1.54) is 69.9 Å². The van der Waals surface area contributed by atoms with E-state index in [1.54, 1.807) is 75.4 Å². The van der Waals surface area contributed by atoms with Crippen molar-refractivity contribution in [2.45, 2.75) is 104 Å². The lowest BCUT2D eigenvalue weighted by atomic mass is 9.98. The van der Waals surface area contributed by atoms with Gasteiger partial charge in [-0.3, -0.25) is 19.2 Å². The van der Waals surface area contributed by atoms with E-state index < -0.39 is 41.6 Å².